The van der Waals surface area contributed by atoms with Gasteiger partial charge in [-0.3, -0.25) is 0 Å². The molecule has 0 nitrogen and oxygen atoms in total. The summed E-state index contributed by atoms with van der Waals surface area (Å²) in [6.07, 6.45) is 0. The molecule has 0 aromatic heterocycles. The highest BCUT2D eigenvalue weighted by Gasteiger charge is 2.00. The lowest BCUT2D eigenvalue weighted by molar-refractivity contribution is 0.624. The summed E-state index contributed by atoms with van der Waals surface area (Å²) < 4.78 is 14.3. The van der Waals surface area contributed by atoms with E-state index in [0.29, 0.717) is 11.1 Å². The lowest BCUT2D eigenvalue weighted by Gasteiger charge is -1.99. The van der Waals surface area contributed by atoms with Gasteiger partial charge in [0.2, 0.25) is 0 Å². The maximum absolute atomic E-state index is 14.3. The van der Waals surface area contributed by atoms with Crippen LogP contribution in [-0.4, -0.2) is 0 Å². The highest BCUT2D eigenvalue weighted by molar-refractivity contribution is 5.49. The van der Waals surface area contributed by atoms with E-state index >= 15 is 0 Å². The summed E-state index contributed by atoms with van der Waals surface area (Å²) in [6, 6.07) is 18.9. The lowest BCUT2D eigenvalue weighted by Crippen LogP contribution is -1.87. The van der Waals surface area contributed by atoms with Crippen LogP contribution in [0.3, 0.4) is 0 Å². The van der Waals surface area contributed by atoms with Crippen molar-refractivity contribution in [2.75, 3.05) is 0 Å². The lowest BCUT2D eigenvalue weighted by atomic mass is 10.1. The number of rotatable bonds is 0. The molecule has 0 atom stereocenters. The molecule has 3 aromatic rings. The Balaban J connectivity index is 1.81. The molecule has 0 fully saturated rings. The predicted molar refractivity (Wildman–Crippen MR) is 105 cm³/mol. The van der Waals surface area contributed by atoms with Crippen LogP contribution in [0.5, 0.6) is 0 Å². The van der Waals surface area contributed by atoms with E-state index in [1.165, 1.54) is 22.8 Å². The molecule has 0 N–H and O–H groups in total. The van der Waals surface area contributed by atoms with Gasteiger partial charge in [0.15, 0.2) is 0 Å². The Kier molecular flexibility index (Phi) is 5.21. The van der Waals surface area contributed by atoms with Crippen LogP contribution in [0.2, 0.25) is 0 Å². The topological polar surface area (TPSA) is 0 Å². The molecule has 0 spiro atoms. The molecule has 126 valence electrons. The fourth-order valence-corrected chi connectivity index (χ4v) is 2.43. The maximum Gasteiger partial charge on any atom is 0.140 e. The molecule has 26 heavy (non-hydrogen) atoms. The Morgan fingerprint density at radius 1 is 0.577 bits per heavy atom. The van der Waals surface area contributed by atoms with Crippen LogP contribution < -0.4 is 0 Å². The van der Waals surface area contributed by atoms with Gasteiger partial charge in [0, 0.05) is 16.7 Å². The monoisotopic (exact) mass is 338 g/mol. The molecule has 0 aliphatic rings. The third-order valence-electron chi connectivity index (χ3n) is 4.22. The van der Waals surface area contributed by atoms with Gasteiger partial charge in [-0.2, -0.15) is 0 Å². The van der Waals surface area contributed by atoms with Crippen molar-refractivity contribution in [2.24, 2.45) is 0 Å². The van der Waals surface area contributed by atoms with Gasteiger partial charge < -0.3 is 0 Å². The molecule has 3 aromatic carbocycles. The minimum atomic E-state index is -0.350. The molecule has 0 saturated heterocycles. The fourth-order valence-electron chi connectivity index (χ4n) is 2.43. The van der Waals surface area contributed by atoms with Crippen LogP contribution in [0.4, 0.5) is 4.39 Å². The molecule has 1 heteroatoms. The minimum absolute atomic E-state index is 0.350. The highest BCUT2D eigenvalue weighted by Crippen LogP contribution is 2.11. The van der Waals surface area contributed by atoms with Crippen LogP contribution in [0.25, 0.3) is 0 Å². The van der Waals surface area contributed by atoms with Crippen LogP contribution in [-0.2, 0) is 0 Å². The van der Waals surface area contributed by atoms with Crippen LogP contribution in [0.15, 0.2) is 60.7 Å². The number of hydrogen-bond donors (Lipinski definition) is 0. The van der Waals surface area contributed by atoms with E-state index in [2.05, 4.69) is 30.6 Å². The first-order valence-electron chi connectivity index (χ1n) is 8.49. The smallest absolute Gasteiger partial charge is 0.140 e. The number of aryl methyl sites for hydroxylation is 3. The standard InChI is InChI=1S/C25H19F/c1-18-4-7-21(8-5-18)10-11-23-13-15-24(25(26)17-23)14-12-22-9-6-19(2)20(3)16-22/h4-9,13,15-17H,1-3H3. The van der Waals surface area contributed by atoms with Crippen molar-refractivity contribution in [2.45, 2.75) is 20.8 Å². The van der Waals surface area contributed by atoms with E-state index in [0.717, 1.165) is 11.1 Å². The summed E-state index contributed by atoms with van der Waals surface area (Å²) in [4.78, 5) is 0. The maximum atomic E-state index is 14.3. The van der Waals surface area contributed by atoms with Gasteiger partial charge in [0.25, 0.3) is 0 Å². The van der Waals surface area contributed by atoms with E-state index in [1.807, 2.05) is 56.3 Å². The van der Waals surface area contributed by atoms with Crippen molar-refractivity contribution in [3.05, 3.63) is 105 Å². The zero-order valence-electron chi connectivity index (χ0n) is 15.2. The summed E-state index contributed by atoms with van der Waals surface area (Å²) in [7, 11) is 0. The quantitative estimate of drug-likeness (QED) is 0.471. The Morgan fingerprint density at radius 3 is 1.85 bits per heavy atom. The van der Waals surface area contributed by atoms with E-state index < -0.39 is 0 Å². The highest BCUT2D eigenvalue weighted by atomic mass is 19.1. The third-order valence-corrected chi connectivity index (χ3v) is 4.22. The SMILES string of the molecule is Cc1ccc(C#Cc2ccc(C#Cc3ccc(C)c(C)c3)c(F)c2)cc1. The first-order chi connectivity index (χ1) is 12.5. The van der Waals surface area contributed by atoms with Gasteiger partial charge in [-0.05, 0) is 74.4 Å². The largest absolute Gasteiger partial charge is 0.206 e. The van der Waals surface area contributed by atoms with Gasteiger partial charge >= 0.3 is 0 Å². The van der Waals surface area contributed by atoms with Gasteiger partial charge in [-0.25, -0.2) is 4.39 Å². The zero-order valence-corrected chi connectivity index (χ0v) is 15.2. The van der Waals surface area contributed by atoms with Crippen molar-refractivity contribution in [3.63, 3.8) is 0 Å². The van der Waals surface area contributed by atoms with E-state index in [1.54, 1.807) is 12.1 Å². The molecule has 0 heterocycles. The summed E-state index contributed by atoms with van der Waals surface area (Å²) in [5.74, 6) is 11.6. The molecule has 0 unspecified atom stereocenters. The van der Waals surface area contributed by atoms with Crippen molar-refractivity contribution < 1.29 is 4.39 Å². The third kappa shape index (κ3) is 4.41. The number of hydrogen-bond acceptors (Lipinski definition) is 0. The van der Waals surface area contributed by atoms with Crippen LogP contribution >= 0.6 is 0 Å². The normalized spacial score (nSPS) is 9.69. The van der Waals surface area contributed by atoms with E-state index in [-0.39, 0.29) is 5.82 Å². The summed E-state index contributed by atoms with van der Waals surface area (Å²) in [5.41, 5.74) is 6.40. The second kappa shape index (κ2) is 7.73. The average molecular weight is 338 g/mol. The summed E-state index contributed by atoms with van der Waals surface area (Å²) in [6.45, 7) is 6.13. The first-order valence-corrected chi connectivity index (χ1v) is 8.49. The zero-order chi connectivity index (χ0) is 18.5. The molecule has 0 bridgehead atoms. The van der Waals surface area contributed by atoms with Crippen molar-refractivity contribution in [3.8, 4) is 23.7 Å². The summed E-state index contributed by atoms with van der Waals surface area (Å²) in [5, 5.41) is 0. The Bertz CT molecular complexity index is 1070. The molecule has 0 amide bonds. The molecule has 3 rings (SSSR count). The Hall–Kier alpha value is -3.29. The number of halogens is 1. The van der Waals surface area contributed by atoms with Gasteiger partial charge in [-0.15, -0.1) is 0 Å². The Morgan fingerprint density at radius 2 is 1.15 bits per heavy atom. The minimum Gasteiger partial charge on any atom is -0.206 e. The molecule has 0 aliphatic carbocycles. The molecular weight excluding hydrogens is 319 g/mol. The van der Waals surface area contributed by atoms with Crippen LogP contribution in [0.1, 0.15) is 38.9 Å². The van der Waals surface area contributed by atoms with Crippen molar-refractivity contribution >= 4 is 0 Å². The van der Waals surface area contributed by atoms with E-state index in [9.17, 15) is 4.39 Å². The van der Waals surface area contributed by atoms with Gasteiger partial charge in [0.05, 0.1) is 5.56 Å². The second-order valence-electron chi connectivity index (χ2n) is 6.36. The first kappa shape index (κ1) is 17.5. The summed E-state index contributed by atoms with van der Waals surface area (Å²) >= 11 is 0. The van der Waals surface area contributed by atoms with Crippen molar-refractivity contribution in [1.29, 1.82) is 0 Å². The second-order valence-corrected chi connectivity index (χ2v) is 6.36. The molecular formula is C25H19F. The fraction of sp³-hybridized carbons (Fsp3) is 0.120. The van der Waals surface area contributed by atoms with Crippen molar-refractivity contribution in [1.82, 2.24) is 0 Å². The predicted octanol–water partition coefficient (Wildman–Crippen LogP) is 5.55. The Labute approximate surface area is 154 Å². The van der Waals surface area contributed by atoms with Crippen LogP contribution in [0, 0.1) is 50.3 Å². The number of benzene rings is 3. The van der Waals surface area contributed by atoms with Gasteiger partial charge in [0.1, 0.15) is 5.82 Å². The van der Waals surface area contributed by atoms with E-state index in [4.69, 9.17) is 0 Å². The molecule has 0 aliphatic heterocycles. The molecule has 0 saturated carbocycles. The average Bonchev–Trinajstić information content (AvgIpc) is 2.63. The van der Waals surface area contributed by atoms with Gasteiger partial charge in [-0.1, -0.05) is 47.4 Å². The molecule has 0 radical (unpaired) electrons.